The van der Waals surface area contributed by atoms with Gasteiger partial charge >= 0.3 is 0 Å². The van der Waals surface area contributed by atoms with Crippen LogP contribution in [0.1, 0.15) is 37.3 Å². The number of methoxy groups -OCH3 is 1. The Morgan fingerprint density at radius 2 is 1.94 bits per heavy atom. The largest absolute Gasteiger partial charge is 0.495 e. The van der Waals surface area contributed by atoms with Crippen molar-refractivity contribution in [2.24, 2.45) is 5.92 Å². The minimum absolute atomic E-state index is 0.120. The molecule has 7 nitrogen and oxygen atoms in total. The van der Waals surface area contributed by atoms with E-state index in [2.05, 4.69) is 5.32 Å². The molecule has 1 aliphatic heterocycles. The van der Waals surface area contributed by atoms with Crippen LogP contribution in [-0.2, 0) is 25.8 Å². The number of sulfone groups is 1. The molecule has 1 saturated carbocycles. The van der Waals surface area contributed by atoms with Crippen molar-refractivity contribution in [2.75, 3.05) is 23.9 Å². The molecule has 1 heterocycles. The van der Waals surface area contributed by atoms with E-state index in [1.165, 1.54) is 7.11 Å². The molecule has 1 aliphatic carbocycles. The molecule has 32 heavy (non-hydrogen) atoms. The SMILES string of the molecule is COc1ccc(C)cc1NC(=O)C[C@@H](C)S(=O)(=O)c1ccc2c(c1)CCN2C(=O)C1CC1. The predicted octanol–water partition coefficient (Wildman–Crippen LogP) is 3.49. The number of hydrogen-bond donors (Lipinski definition) is 1. The van der Waals surface area contributed by atoms with Crippen molar-refractivity contribution in [1.82, 2.24) is 0 Å². The summed E-state index contributed by atoms with van der Waals surface area (Å²) in [5, 5.41) is 1.86. The van der Waals surface area contributed by atoms with Gasteiger partial charge in [0.25, 0.3) is 0 Å². The summed E-state index contributed by atoms with van der Waals surface area (Å²) in [5.74, 6) is 0.376. The lowest BCUT2D eigenvalue weighted by atomic mass is 10.2. The van der Waals surface area contributed by atoms with Crippen molar-refractivity contribution in [3.63, 3.8) is 0 Å². The second-order valence-corrected chi connectivity index (χ2v) is 11.0. The normalized spacial score (nSPS) is 16.4. The van der Waals surface area contributed by atoms with E-state index in [4.69, 9.17) is 4.74 Å². The predicted molar refractivity (Wildman–Crippen MR) is 123 cm³/mol. The number of hydrogen-bond acceptors (Lipinski definition) is 5. The van der Waals surface area contributed by atoms with Gasteiger partial charge in [-0.1, -0.05) is 6.07 Å². The number of benzene rings is 2. The Balaban J connectivity index is 1.47. The Hall–Kier alpha value is -2.87. The van der Waals surface area contributed by atoms with Crippen molar-refractivity contribution < 1.29 is 22.7 Å². The maximum Gasteiger partial charge on any atom is 0.230 e. The van der Waals surface area contributed by atoms with Gasteiger partial charge in [0, 0.05) is 24.6 Å². The van der Waals surface area contributed by atoms with Crippen LogP contribution < -0.4 is 15.0 Å². The summed E-state index contributed by atoms with van der Waals surface area (Å²) >= 11 is 0. The number of amides is 2. The van der Waals surface area contributed by atoms with Crippen LogP contribution in [0, 0.1) is 12.8 Å². The standard InChI is InChI=1S/C24H28N2O5S/c1-15-4-9-22(31-3)20(12-15)25-23(27)13-16(2)32(29,30)19-7-8-21-18(14-19)10-11-26(21)24(28)17-5-6-17/h4,7-9,12,14,16-17H,5-6,10-11,13H2,1-3H3,(H,25,27)/t16-/m1/s1. The van der Waals surface area contributed by atoms with E-state index in [0.717, 1.165) is 29.7 Å². The molecule has 0 unspecified atom stereocenters. The molecule has 2 aliphatic rings. The Bertz CT molecular complexity index is 1170. The van der Waals surface area contributed by atoms with Crippen LogP contribution in [0.4, 0.5) is 11.4 Å². The van der Waals surface area contributed by atoms with Crippen LogP contribution in [0.3, 0.4) is 0 Å². The topological polar surface area (TPSA) is 92.8 Å². The first-order valence-corrected chi connectivity index (χ1v) is 12.4. The fourth-order valence-corrected chi connectivity index (χ4v) is 5.46. The van der Waals surface area contributed by atoms with Gasteiger partial charge in [-0.2, -0.15) is 0 Å². The zero-order valence-electron chi connectivity index (χ0n) is 18.6. The molecule has 2 aromatic rings. The lowest BCUT2D eigenvalue weighted by Crippen LogP contribution is -2.30. The molecule has 0 radical (unpaired) electrons. The highest BCUT2D eigenvalue weighted by molar-refractivity contribution is 7.92. The second-order valence-electron chi connectivity index (χ2n) is 8.62. The van der Waals surface area contributed by atoms with Gasteiger partial charge in [0.15, 0.2) is 9.84 Å². The van der Waals surface area contributed by atoms with Gasteiger partial charge in [0.2, 0.25) is 11.8 Å². The van der Waals surface area contributed by atoms with Crippen LogP contribution in [0.15, 0.2) is 41.3 Å². The molecule has 0 bridgehead atoms. The molecule has 0 spiro atoms. The summed E-state index contributed by atoms with van der Waals surface area (Å²) in [7, 11) is -2.19. The van der Waals surface area contributed by atoms with Crippen molar-refractivity contribution >= 4 is 33.0 Å². The van der Waals surface area contributed by atoms with Gasteiger partial charge in [-0.05, 0) is 74.6 Å². The molecule has 8 heteroatoms. The summed E-state index contributed by atoms with van der Waals surface area (Å²) in [4.78, 5) is 27.0. The fourth-order valence-electron chi connectivity index (χ4n) is 4.06. The van der Waals surface area contributed by atoms with E-state index in [1.807, 2.05) is 13.0 Å². The maximum absolute atomic E-state index is 13.1. The Morgan fingerprint density at radius 1 is 1.19 bits per heavy atom. The smallest absolute Gasteiger partial charge is 0.230 e. The molecular formula is C24H28N2O5S. The average Bonchev–Trinajstić information content (AvgIpc) is 3.52. The molecule has 1 atom stereocenters. The monoisotopic (exact) mass is 456 g/mol. The van der Waals surface area contributed by atoms with Crippen molar-refractivity contribution in [2.45, 2.75) is 49.7 Å². The quantitative estimate of drug-likeness (QED) is 0.688. The van der Waals surface area contributed by atoms with Gasteiger partial charge in [0.05, 0.1) is 22.9 Å². The van der Waals surface area contributed by atoms with Gasteiger partial charge in [-0.3, -0.25) is 9.59 Å². The number of rotatable bonds is 7. The number of carbonyl (C=O) groups is 2. The van der Waals surface area contributed by atoms with E-state index in [9.17, 15) is 18.0 Å². The van der Waals surface area contributed by atoms with Gasteiger partial charge in [-0.15, -0.1) is 0 Å². The van der Waals surface area contributed by atoms with Crippen LogP contribution in [0.25, 0.3) is 0 Å². The highest BCUT2D eigenvalue weighted by Crippen LogP contribution is 2.37. The Kier molecular flexibility index (Phi) is 5.99. The van der Waals surface area contributed by atoms with Gasteiger partial charge in [0.1, 0.15) is 5.75 Å². The zero-order chi connectivity index (χ0) is 23.0. The molecule has 2 aromatic carbocycles. The third kappa shape index (κ3) is 4.37. The van der Waals surface area contributed by atoms with Crippen LogP contribution in [0.2, 0.25) is 0 Å². The highest BCUT2D eigenvalue weighted by Gasteiger charge is 2.37. The molecule has 4 rings (SSSR count). The third-order valence-electron chi connectivity index (χ3n) is 6.10. The lowest BCUT2D eigenvalue weighted by molar-refractivity contribution is -0.119. The van der Waals surface area contributed by atoms with E-state index in [-0.39, 0.29) is 23.1 Å². The lowest BCUT2D eigenvalue weighted by Gasteiger charge is -2.18. The maximum atomic E-state index is 13.1. The summed E-state index contributed by atoms with van der Waals surface area (Å²) in [6.45, 7) is 4.03. The number of nitrogens with zero attached hydrogens (tertiary/aromatic N) is 1. The van der Waals surface area contributed by atoms with Gasteiger partial charge < -0.3 is 15.0 Å². The minimum Gasteiger partial charge on any atom is -0.495 e. The second kappa shape index (κ2) is 8.58. The molecular weight excluding hydrogens is 428 g/mol. The van der Waals surface area contributed by atoms with Crippen molar-refractivity contribution in [3.05, 3.63) is 47.5 Å². The molecule has 170 valence electrons. The first-order chi connectivity index (χ1) is 15.2. The zero-order valence-corrected chi connectivity index (χ0v) is 19.4. The van der Waals surface area contributed by atoms with Crippen molar-refractivity contribution in [3.8, 4) is 5.75 Å². The Labute approximate surface area is 188 Å². The number of fused-ring (bicyclic) bond motifs is 1. The molecule has 2 amide bonds. The molecule has 0 aromatic heterocycles. The van der Waals surface area contributed by atoms with E-state index in [0.29, 0.717) is 24.4 Å². The van der Waals surface area contributed by atoms with E-state index < -0.39 is 21.0 Å². The van der Waals surface area contributed by atoms with Crippen molar-refractivity contribution in [1.29, 1.82) is 0 Å². The third-order valence-corrected chi connectivity index (χ3v) is 8.24. The van der Waals surface area contributed by atoms with Crippen LogP contribution >= 0.6 is 0 Å². The average molecular weight is 457 g/mol. The fraction of sp³-hybridized carbons (Fsp3) is 0.417. The van der Waals surface area contributed by atoms with E-state index >= 15 is 0 Å². The summed E-state index contributed by atoms with van der Waals surface area (Å²) in [6.07, 6.45) is 2.33. The number of anilines is 2. The number of nitrogens with one attached hydrogen (secondary N) is 1. The van der Waals surface area contributed by atoms with Crippen LogP contribution in [-0.4, -0.2) is 39.1 Å². The van der Waals surface area contributed by atoms with Crippen LogP contribution in [0.5, 0.6) is 5.75 Å². The first-order valence-electron chi connectivity index (χ1n) is 10.8. The number of carbonyl (C=O) groups excluding carboxylic acids is 2. The molecule has 0 saturated heterocycles. The first kappa shape index (κ1) is 22.3. The number of aryl methyl sites for hydroxylation is 1. The molecule has 1 N–H and O–H groups in total. The number of ether oxygens (including phenoxy) is 1. The highest BCUT2D eigenvalue weighted by atomic mass is 32.2. The van der Waals surface area contributed by atoms with E-state index in [1.54, 1.807) is 42.2 Å². The Morgan fingerprint density at radius 3 is 2.62 bits per heavy atom. The minimum atomic E-state index is -3.71. The summed E-state index contributed by atoms with van der Waals surface area (Å²) in [6, 6.07) is 10.3. The summed E-state index contributed by atoms with van der Waals surface area (Å²) < 4.78 is 31.6. The van der Waals surface area contributed by atoms with Gasteiger partial charge in [-0.25, -0.2) is 8.42 Å². The summed E-state index contributed by atoms with van der Waals surface area (Å²) in [5.41, 5.74) is 3.13. The molecule has 1 fully saturated rings.